The summed E-state index contributed by atoms with van der Waals surface area (Å²) in [6, 6.07) is 0. The van der Waals surface area contributed by atoms with Gasteiger partial charge in [-0.05, 0) is 6.42 Å². The van der Waals surface area contributed by atoms with Crippen molar-refractivity contribution in [2.45, 2.75) is 22.2 Å². The second-order valence-electron chi connectivity index (χ2n) is 1.61. The van der Waals surface area contributed by atoms with Crippen LogP contribution in [-0.2, 0) is 0 Å². The van der Waals surface area contributed by atoms with Gasteiger partial charge in [0.1, 0.15) is 0 Å². The summed E-state index contributed by atoms with van der Waals surface area (Å²) in [6.07, 6.45) is 0.186. The highest BCUT2D eigenvalue weighted by Crippen LogP contribution is 2.42. The fraction of sp³-hybridized carbons (Fsp3) is 1.00. The first-order valence-corrected chi connectivity index (χ1v) is 3.80. The Morgan fingerprint density at radius 3 is 1.56 bits per heavy atom. The van der Waals surface area contributed by atoms with Gasteiger partial charge in [0.2, 0.25) is 3.79 Å². The maximum Gasteiger partial charge on any atom is 0.232 e. The molecule has 1 atom stereocenters. The van der Waals surface area contributed by atoms with Crippen molar-refractivity contribution in [3.63, 3.8) is 0 Å². The van der Waals surface area contributed by atoms with Gasteiger partial charge in [0.15, 0.2) is 5.06 Å². The van der Waals surface area contributed by atoms with Crippen LogP contribution in [0.5, 0.6) is 0 Å². The normalized spacial score (nSPS) is 19.3. The zero-order valence-corrected chi connectivity index (χ0v) is 7.69. The van der Waals surface area contributed by atoms with E-state index in [1.54, 1.807) is 6.92 Å². The number of rotatable bonds is 1. The summed E-state index contributed by atoms with van der Waals surface area (Å²) in [6.45, 7) is 1.62. The van der Waals surface area contributed by atoms with Gasteiger partial charge >= 0.3 is 0 Å². The van der Waals surface area contributed by atoms with Crippen LogP contribution in [0.4, 0.5) is 0 Å². The smallest absolute Gasteiger partial charge is 0.232 e. The highest BCUT2D eigenvalue weighted by Gasteiger charge is 2.43. The van der Waals surface area contributed by atoms with Gasteiger partial charge in [-0.25, -0.2) is 0 Å². The monoisotopic (exact) mass is 210 g/mol. The molecule has 0 saturated carbocycles. The Morgan fingerprint density at radius 1 is 1.22 bits per heavy atom. The molecule has 1 unspecified atom stereocenters. The first-order chi connectivity index (χ1) is 3.81. The Balaban J connectivity index is 4.14. The van der Waals surface area contributed by atoms with Gasteiger partial charge in [-0.3, -0.25) is 0 Å². The molecule has 0 aromatic rings. The summed E-state index contributed by atoms with van der Waals surface area (Å²) in [5.41, 5.74) is 0. The topological polar surface area (TPSA) is 20.2 Å². The van der Waals surface area contributed by atoms with Crippen molar-refractivity contribution in [3.05, 3.63) is 0 Å². The van der Waals surface area contributed by atoms with Gasteiger partial charge in [0.25, 0.3) is 0 Å². The summed E-state index contributed by atoms with van der Waals surface area (Å²) < 4.78 is -1.82. The van der Waals surface area contributed by atoms with Crippen molar-refractivity contribution in [1.29, 1.82) is 0 Å². The minimum absolute atomic E-state index is 0.186. The molecule has 0 amide bonds. The van der Waals surface area contributed by atoms with Gasteiger partial charge in [-0.2, -0.15) is 0 Å². The third-order valence-electron chi connectivity index (χ3n) is 0.903. The predicted octanol–water partition coefficient (Wildman–Crippen LogP) is 2.69. The Morgan fingerprint density at radius 2 is 1.56 bits per heavy atom. The molecular weight excluding hydrogens is 206 g/mol. The quantitative estimate of drug-likeness (QED) is 0.662. The van der Waals surface area contributed by atoms with Crippen LogP contribution in [0.25, 0.3) is 0 Å². The molecule has 0 aliphatic rings. The Hall–Kier alpha value is 1.12. The van der Waals surface area contributed by atoms with Crippen molar-refractivity contribution < 1.29 is 5.11 Å². The van der Waals surface area contributed by atoms with Crippen LogP contribution >= 0.6 is 46.4 Å². The first kappa shape index (κ1) is 10.1. The number of hydrogen-bond donors (Lipinski definition) is 1. The average molecular weight is 212 g/mol. The molecule has 5 heteroatoms. The average Bonchev–Trinajstić information content (AvgIpc) is 1.64. The van der Waals surface area contributed by atoms with Crippen molar-refractivity contribution in [1.82, 2.24) is 0 Å². The standard InChI is InChI=1S/C4H6Cl4O/c1-2-3(5,9)4(6,7)8/h9H,2H2,1H3. The Bertz CT molecular complexity index is 95.2. The molecule has 0 bridgehead atoms. The number of halogens is 4. The molecular formula is C4H6Cl4O. The first-order valence-electron chi connectivity index (χ1n) is 2.29. The maximum absolute atomic E-state index is 9.03. The Labute approximate surface area is 73.8 Å². The molecule has 0 aromatic heterocycles. The molecule has 0 heterocycles. The molecule has 56 valence electrons. The molecule has 1 nitrogen and oxygen atoms in total. The molecule has 1 N–H and O–H groups in total. The van der Waals surface area contributed by atoms with Crippen molar-refractivity contribution in [2.24, 2.45) is 0 Å². The number of hydrogen-bond acceptors (Lipinski definition) is 1. The van der Waals surface area contributed by atoms with Crippen LogP contribution in [-0.4, -0.2) is 14.0 Å². The van der Waals surface area contributed by atoms with Gasteiger partial charge in [-0.1, -0.05) is 53.3 Å². The molecule has 0 spiro atoms. The zero-order chi connectivity index (χ0) is 7.71. The lowest BCUT2D eigenvalue weighted by Crippen LogP contribution is -2.35. The molecule has 0 radical (unpaired) electrons. The molecule has 0 saturated heterocycles. The van der Waals surface area contributed by atoms with Crippen LogP contribution in [0.1, 0.15) is 13.3 Å². The van der Waals surface area contributed by atoms with Gasteiger partial charge in [0.05, 0.1) is 0 Å². The van der Waals surface area contributed by atoms with E-state index in [0.29, 0.717) is 0 Å². The van der Waals surface area contributed by atoms with Crippen LogP contribution < -0.4 is 0 Å². The van der Waals surface area contributed by atoms with E-state index in [1.165, 1.54) is 0 Å². The Kier molecular flexibility index (Phi) is 3.39. The van der Waals surface area contributed by atoms with Crippen LogP contribution in [0.15, 0.2) is 0 Å². The lowest BCUT2D eigenvalue weighted by Gasteiger charge is -2.26. The van der Waals surface area contributed by atoms with E-state index in [0.717, 1.165) is 0 Å². The third kappa shape index (κ3) is 2.69. The minimum atomic E-state index is -1.82. The third-order valence-corrected chi connectivity index (χ3v) is 2.68. The van der Waals surface area contributed by atoms with E-state index in [2.05, 4.69) is 0 Å². The summed E-state index contributed by atoms with van der Waals surface area (Å²) in [5, 5.41) is 7.28. The minimum Gasteiger partial charge on any atom is -0.371 e. The molecule has 0 aliphatic carbocycles. The zero-order valence-electron chi connectivity index (χ0n) is 4.67. The highest BCUT2D eigenvalue weighted by atomic mass is 35.6. The molecule has 0 aromatic carbocycles. The van der Waals surface area contributed by atoms with Crippen molar-refractivity contribution >= 4 is 46.4 Å². The van der Waals surface area contributed by atoms with Crippen molar-refractivity contribution in [3.8, 4) is 0 Å². The van der Waals surface area contributed by atoms with E-state index in [1.807, 2.05) is 0 Å². The molecule has 9 heavy (non-hydrogen) atoms. The van der Waals surface area contributed by atoms with Gasteiger partial charge in [-0.15, -0.1) is 0 Å². The van der Waals surface area contributed by atoms with Crippen molar-refractivity contribution in [2.75, 3.05) is 0 Å². The summed E-state index contributed by atoms with van der Waals surface area (Å²) in [7, 11) is 0. The van der Waals surface area contributed by atoms with E-state index in [9.17, 15) is 0 Å². The lowest BCUT2D eigenvalue weighted by atomic mass is 10.3. The van der Waals surface area contributed by atoms with E-state index in [-0.39, 0.29) is 6.42 Å². The van der Waals surface area contributed by atoms with E-state index >= 15 is 0 Å². The predicted molar refractivity (Wildman–Crippen MR) is 41.4 cm³/mol. The highest BCUT2D eigenvalue weighted by molar-refractivity contribution is 6.70. The van der Waals surface area contributed by atoms with Crippen LogP contribution in [0.3, 0.4) is 0 Å². The molecule has 0 rings (SSSR count). The number of aliphatic hydroxyl groups is 1. The summed E-state index contributed by atoms with van der Waals surface area (Å²) >= 11 is 21.2. The molecule has 0 fully saturated rings. The maximum atomic E-state index is 9.03. The van der Waals surface area contributed by atoms with Crippen LogP contribution in [0.2, 0.25) is 0 Å². The van der Waals surface area contributed by atoms with E-state index in [4.69, 9.17) is 51.5 Å². The van der Waals surface area contributed by atoms with E-state index < -0.39 is 8.85 Å². The fourth-order valence-electron chi connectivity index (χ4n) is 0.200. The second kappa shape index (κ2) is 3.02. The summed E-state index contributed by atoms with van der Waals surface area (Å²) in [5.74, 6) is 0. The fourth-order valence-corrected chi connectivity index (χ4v) is 0.601. The second-order valence-corrected chi connectivity index (χ2v) is 4.52. The number of alkyl halides is 4. The van der Waals surface area contributed by atoms with Gasteiger partial charge in [0, 0.05) is 0 Å². The SMILES string of the molecule is CCC(O)(Cl)C(Cl)(Cl)Cl. The van der Waals surface area contributed by atoms with Gasteiger partial charge < -0.3 is 5.11 Å². The lowest BCUT2D eigenvalue weighted by molar-refractivity contribution is 0.128. The van der Waals surface area contributed by atoms with Crippen LogP contribution in [0, 0.1) is 0 Å². The molecule has 0 aliphatic heterocycles. The summed E-state index contributed by atoms with van der Waals surface area (Å²) in [4.78, 5) is 0. The largest absolute Gasteiger partial charge is 0.371 e.